The van der Waals surface area contributed by atoms with Gasteiger partial charge in [0, 0.05) is 11.1 Å². The van der Waals surface area contributed by atoms with Gasteiger partial charge in [-0.25, -0.2) is 4.79 Å². The third-order valence-corrected chi connectivity index (χ3v) is 2.13. The van der Waals surface area contributed by atoms with Gasteiger partial charge in [-0.3, -0.25) is 9.59 Å². The first kappa shape index (κ1) is 12.1. The van der Waals surface area contributed by atoms with Gasteiger partial charge >= 0.3 is 5.97 Å². The molecular formula is C11H11NO4. The fourth-order valence-electron chi connectivity index (χ4n) is 1.30. The van der Waals surface area contributed by atoms with Gasteiger partial charge in [0.05, 0.1) is 5.56 Å². The van der Waals surface area contributed by atoms with Crippen molar-refractivity contribution in [3.05, 3.63) is 34.9 Å². The van der Waals surface area contributed by atoms with Gasteiger partial charge in [-0.1, -0.05) is 6.07 Å². The van der Waals surface area contributed by atoms with Crippen molar-refractivity contribution in [2.45, 2.75) is 13.8 Å². The number of hydrogen-bond acceptors (Lipinski definition) is 5. The van der Waals surface area contributed by atoms with E-state index < -0.39 is 5.97 Å². The van der Waals surface area contributed by atoms with Crippen LogP contribution in [0.15, 0.2) is 18.2 Å². The van der Waals surface area contributed by atoms with Crippen LogP contribution in [0.5, 0.6) is 0 Å². The monoisotopic (exact) mass is 221 g/mol. The van der Waals surface area contributed by atoms with Crippen LogP contribution in [-0.2, 0) is 4.84 Å². The highest BCUT2D eigenvalue weighted by molar-refractivity contribution is 6.07. The molecule has 0 spiro atoms. The molecule has 0 aromatic heterocycles. The van der Waals surface area contributed by atoms with Gasteiger partial charge < -0.3 is 4.84 Å². The standard InChI is InChI=1S/C11H11NO4/c1-6(13)8-3-4-9(11(15)16-12)10(5-8)7(2)14/h3-5H,12H2,1-2H3. The van der Waals surface area contributed by atoms with Crippen molar-refractivity contribution < 1.29 is 19.2 Å². The van der Waals surface area contributed by atoms with Crippen LogP contribution in [0.25, 0.3) is 0 Å². The fraction of sp³-hybridized carbons (Fsp3) is 0.182. The smallest absolute Gasteiger partial charge is 0.357 e. The molecule has 1 aromatic rings. The van der Waals surface area contributed by atoms with Crippen LogP contribution in [0.1, 0.15) is 44.9 Å². The highest BCUT2D eigenvalue weighted by Crippen LogP contribution is 2.14. The average molecular weight is 221 g/mol. The molecular weight excluding hydrogens is 210 g/mol. The Morgan fingerprint density at radius 1 is 1.06 bits per heavy atom. The first-order valence-electron chi connectivity index (χ1n) is 4.54. The first-order valence-corrected chi connectivity index (χ1v) is 4.54. The maximum absolute atomic E-state index is 11.3. The third-order valence-electron chi connectivity index (χ3n) is 2.13. The number of carbonyl (C=O) groups is 3. The van der Waals surface area contributed by atoms with E-state index in [4.69, 9.17) is 5.90 Å². The fourth-order valence-corrected chi connectivity index (χ4v) is 1.30. The average Bonchev–Trinajstić information content (AvgIpc) is 2.26. The summed E-state index contributed by atoms with van der Waals surface area (Å²) < 4.78 is 0. The van der Waals surface area contributed by atoms with Gasteiger partial charge in [-0.15, -0.1) is 0 Å². The highest BCUT2D eigenvalue weighted by atomic mass is 16.7. The number of hydrogen-bond donors (Lipinski definition) is 1. The molecule has 0 saturated carbocycles. The van der Waals surface area contributed by atoms with E-state index in [1.165, 1.54) is 32.0 Å². The Hall–Kier alpha value is -2.01. The normalized spacial score (nSPS) is 9.69. The number of benzene rings is 1. The molecule has 0 heterocycles. The van der Waals surface area contributed by atoms with Crippen molar-refractivity contribution in [3.8, 4) is 0 Å². The molecule has 0 aliphatic carbocycles. The predicted octanol–water partition coefficient (Wildman–Crippen LogP) is 1.12. The Labute approximate surface area is 92.1 Å². The summed E-state index contributed by atoms with van der Waals surface area (Å²) >= 11 is 0. The molecule has 2 N–H and O–H groups in total. The second kappa shape index (κ2) is 4.67. The van der Waals surface area contributed by atoms with Crippen molar-refractivity contribution in [1.29, 1.82) is 0 Å². The van der Waals surface area contributed by atoms with Crippen LogP contribution >= 0.6 is 0 Å². The molecule has 0 aliphatic rings. The minimum Gasteiger partial charge on any atom is -0.370 e. The Morgan fingerprint density at radius 3 is 2.12 bits per heavy atom. The molecule has 1 aromatic carbocycles. The van der Waals surface area contributed by atoms with Crippen molar-refractivity contribution >= 4 is 17.5 Å². The van der Waals surface area contributed by atoms with E-state index in [0.29, 0.717) is 5.56 Å². The number of nitrogens with two attached hydrogens (primary N) is 1. The largest absolute Gasteiger partial charge is 0.370 e. The number of ketones is 2. The van der Waals surface area contributed by atoms with Gasteiger partial charge in [0.25, 0.3) is 0 Å². The van der Waals surface area contributed by atoms with E-state index in [1.54, 1.807) is 0 Å². The summed E-state index contributed by atoms with van der Waals surface area (Å²) in [4.78, 5) is 37.7. The summed E-state index contributed by atoms with van der Waals surface area (Å²) in [5.41, 5.74) is 0.543. The molecule has 0 radical (unpaired) electrons. The molecule has 0 aliphatic heterocycles. The van der Waals surface area contributed by atoms with E-state index >= 15 is 0 Å². The molecule has 5 heteroatoms. The highest BCUT2D eigenvalue weighted by Gasteiger charge is 2.16. The van der Waals surface area contributed by atoms with E-state index in [-0.39, 0.29) is 22.7 Å². The first-order chi connectivity index (χ1) is 7.47. The Bertz CT molecular complexity index is 465. The van der Waals surface area contributed by atoms with Crippen molar-refractivity contribution in [2.24, 2.45) is 5.90 Å². The van der Waals surface area contributed by atoms with Crippen molar-refractivity contribution in [3.63, 3.8) is 0 Å². The van der Waals surface area contributed by atoms with Crippen LogP contribution in [0.3, 0.4) is 0 Å². The Balaban J connectivity index is 3.36. The maximum Gasteiger partial charge on any atom is 0.357 e. The third kappa shape index (κ3) is 2.32. The predicted molar refractivity (Wildman–Crippen MR) is 56.1 cm³/mol. The number of Topliss-reactive ketones (excluding diaryl/α,β-unsaturated/α-hetero) is 2. The van der Waals surface area contributed by atoms with Crippen LogP contribution in [0.2, 0.25) is 0 Å². The minimum absolute atomic E-state index is 0.0556. The zero-order valence-corrected chi connectivity index (χ0v) is 8.94. The lowest BCUT2D eigenvalue weighted by atomic mass is 9.99. The van der Waals surface area contributed by atoms with Crippen LogP contribution in [0.4, 0.5) is 0 Å². The molecule has 0 atom stereocenters. The lowest BCUT2D eigenvalue weighted by molar-refractivity contribution is 0.0500. The molecule has 16 heavy (non-hydrogen) atoms. The Kier molecular flexibility index (Phi) is 3.52. The summed E-state index contributed by atoms with van der Waals surface area (Å²) in [5.74, 6) is 3.42. The summed E-state index contributed by atoms with van der Waals surface area (Å²) in [5, 5.41) is 0. The topological polar surface area (TPSA) is 86.5 Å². The van der Waals surface area contributed by atoms with E-state index in [2.05, 4.69) is 4.84 Å². The summed E-state index contributed by atoms with van der Waals surface area (Å²) in [6, 6.07) is 4.15. The number of rotatable bonds is 3. The Morgan fingerprint density at radius 2 is 1.69 bits per heavy atom. The summed E-state index contributed by atoms with van der Waals surface area (Å²) in [6.45, 7) is 2.67. The van der Waals surface area contributed by atoms with Gasteiger partial charge in [0.1, 0.15) is 0 Å². The molecule has 84 valence electrons. The van der Waals surface area contributed by atoms with Crippen molar-refractivity contribution in [2.75, 3.05) is 0 Å². The summed E-state index contributed by atoms with van der Waals surface area (Å²) in [6.07, 6.45) is 0. The zero-order chi connectivity index (χ0) is 12.3. The van der Waals surface area contributed by atoms with E-state index in [9.17, 15) is 14.4 Å². The van der Waals surface area contributed by atoms with Gasteiger partial charge in [-0.05, 0) is 26.0 Å². The molecule has 0 fully saturated rings. The molecule has 0 bridgehead atoms. The number of carbonyl (C=O) groups excluding carboxylic acids is 3. The molecule has 5 nitrogen and oxygen atoms in total. The van der Waals surface area contributed by atoms with Gasteiger partial charge in [-0.2, -0.15) is 5.90 Å². The van der Waals surface area contributed by atoms with E-state index in [1.807, 2.05) is 0 Å². The SMILES string of the molecule is CC(=O)c1ccc(C(=O)ON)c(C(C)=O)c1. The van der Waals surface area contributed by atoms with Crippen LogP contribution in [-0.4, -0.2) is 17.5 Å². The zero-order valence-electron chi connectivity index (χ0n) is 8.94. The maximum atomic E-state index is 11.3. The molecule has 0 saturated heterocycles. The van der Waals surface area contributed by atoms with Gasteiger partial charge in [0.2, 0.25) is 0 Å². The van der Waals surface area contributed by atoms with E-state index in [0.717, 1.165) is 0 Å². The second-order valence-electron chi connectivity index (χ2n) is 3.28. The summed E-state index contributed by atoms with van der Waals surface area (Å²) in [7, 11) is 0. The van der Waals surface area contributed by atoms with Crippen LogP contribution in [0, 0.1) is 0 Å². The molecule has 1 rings (SSSR count). The lowest BCUT2D eigenvalue weighted by Gasteiger charge is -2.05. The minimum atomic E-state index is -0.805. The van der Waals surface area contributed by atoms with Crippen LogP contribution < -0.4 is 5.90 Å². The lowest BCUT2D eigenvalue weighted by Crippen LogP contribution is -2.14. The van der Waals surface area contributed by atoms with Gasteiger partial charge in [0.15, 0.2) is 11.6 Å². The molecule has 0 unspecified atom stereocenters. The second-order valence-corrected chi connectivity index (χ2v) is 3.28. The molecule has 0 amide bonds. The quantitative estimate of drug-likeness (QED) is 0.610. The van der Waals surface area contributed by atoms with Crippen molar-refractivity contribution in [1.82, 2.24) is 0 Å².